The number of pyridine rings is 1. The average molecular weight is 586 g/mol. The average Bonchev–Trinajstić information content (AvgIpc) is 3.52. The maximum Gasteiger partial charge on any atom is 0.238 e. The van der Waals surface area contributed by atoms with Crippen LogP contribution in [0.1, 0.15) is 30.4 Å². The number of sulfonamides is 1. The Bertz CT molecular complexity index is 1400. The summed E-state index contributed by atoms with van der Waals surface area (Å²) in [5.74, 6) is 0.717. The molecule has 1 fully saturated rings. The van der Waals surface area contributed by atoms with E-state index in [0.29, 0.717) is 64.9 Å². The highest BCUT2D eigenvalue weighted by Gasteiger charge is 2.29. The molecule has 37 heavy (non-hydrogen) atoms. The van der Waals surface area contributed by atoms with Crippen molar-refractivity contribution in [2.24, 2.45) is 5.92 Å². The number of methoxy groups -OCH3 is 1. The standard InChI is InChI=1S/C24H26Cl2N4O5S2/c1-3-16-14-27-23(35-16)18-13-19(25)21(28-24(18)34-2)30-10-8-15(9-11-30)22(31)29-37(32,33)12-4-5-17-6-7-20(26)36-17/h4-7,13-15H,3,8-12H2,1-2H3,(H,29,31). The number of rotatable bonds is 9. The molecule has 9 nitrogen and oxygen atoms in total. The minimum absolute atomic E-state index is 0.303. The van der Waals surface area contributed by atoms with E-state index in [2.05, 4.69) is 14.7 Å². The van der Waals surface area contributed by atoms with E-state index < -0.39 is 21.8 Å². The molecule has 13 heteroatoms. The molecule has 0 radical (unpaired) electrons. The first-order valence-corrected chi connectivity index (χ1v) is 14.8. The van der Waals surface area contributed by atoms with Crippen molar-refractivity contribution >= 4 is 62.4 Å². The maximum absolute atomic E-state index is 12.7. The Labute approximate surface area is 229 Å². The zero-order valence-corrected chi connectivity index (χ0v) is 23.4. The van der Waals surface area contributed by atoms with Crippen LogP contribution in [-0.4, -0.2) is 50.2 Å². The lowest BCUT2D eigenvalue weighted by molar-refractivity contribution is -0.123. The van der Waals surface area contributed by atoms with Crippen LogP contribution in [-0.2, 0) is 21.2 Å². The van der Waals surface area contributed by atoms with Gasteiger partial charge in [0.25, 0.3) is 0 Å². The number of anilines is 1. The summed E-state index contributed by atoms with van der Waals surface area (Å²) in [6.45, 7) is 2.92. The van der Waals surface area contributed by atoms with Crippen LogP contribution in [0.5, 0.6) is 5.88 Å². The molecule has 0 aliphatic carbocycles. The van der Waals surface area contributed by atoms with Gasteiger partial charge >= 0.3 is 0 Å². The molecule has 0 unspecified atom stereocenters. The fourth-order valence-corrected chi connectivity index (χ4v) is 6.10. The van der Waals surface area contributed by atoms with Crippen LogP contribution in [0.25, 0.3) is 17.5 Å². The highest BCUT2D eigenvalue weighted by Crippen LogP contribution is 2.37. The quantitative estimate of drug-likeness (QED) is 0.371. The second-order valence-electron chi connectivity index (χ2n) is 8.39. The zero-order valence-electron chi connectivity index (χ0n) is 20.2. The molecular weight excluding hydrogens is 559 g/mol. The van der Waals surface area contributed by atoms with Crippen molar-refractivity contribution in [3.8, 4) is 17.3 Å². The van der Waals surface area contributed by atoms with E-state index >= 15 is 0 Å². The molecular formula is C24H26Cl2N4O5S2. The van der Waals surface area contributed by atoms with Crippen LogP contribution in [0, 0.1) is 5.92 Å². The number of carbonyl (C=O) groups excluding carboxylic acids is 1. The summed E-state index contributed by atoms with van der Waals surface area (Å²) >= 11 is 13.8. The van der Waals surface area contributed by atoms with Gasteiger partial charge in [0.05, 0.1) is 28.4 Å². The molecule has 198 valence electrons. The molecule has 3 aromatic heterocycles. The van der Waals surface area contributed by atoms with E-state index in [4.69, 9.17) is 32.4 Å². The first-order chi connectivity index (χ1) is 17.7. The third-order valence-electron chi connectivity index (χ3n) is 5.86. The largest absolute Gasteiger partial charge is 0.480 e. The normalized spacial score (nSPS) is 14.9. The lowest BCUT2D eigenvalue weighted by Gasteiger charge is -2.32. The number of hydrogen-bond acceptors (Lipinski definition) is 9. The third kappa shape index (κ3) is 6.84. The number of piperidine rings is 1. The maximum atomic E-state index is 12.7. The second-order valence-corrected chi connectivity index (χ2v) is 12.3. The number of aromatic nitrogens is 2. The number of thiophene rings is 1. The highest BCUT2D eigenvalue weighted by molar-refractivity contribution is 7.90. The molecule has 0 aromatic carbocycles. The Hall–Kier alpha value is -2.60. The van der Waals surface area contributed by atoms with Crippen molar-refractivity contribution in [1.29, 1.82) is 0 Å². The molecule has 0 spiro atoms. The van der Waals surface area contributed by atoms with Crippen LogP contribution in [0.15, 0.2) is 34.9 Å². The Balaban J connectivity index is 1.36. The second kappa shape index (κ2) is 11.8. The van der Waals surface area contributed by atoms with E-state index in [1.165, 1.54) is 24.5 Å². The predicted molar refractivity (Wildman–Crippen MR) is 146 cm³/mol. The van der Waals surface area contributed by atoms with Crippen LogP contribution in [0.4, 0.5) is 5.82 Å². The molecule has 1 amide bonds. The SMILES string of the molecule is CCc1cnc(-c2cc(Cl)c(N3CCC(C(=O)NS(=O)(=O)CC=Cc4ccc(Cl)s4)CC3)nc2OC)o1. The molecule has 1 saturated heterocycles. The van der Waals surface area contributed by atoms with Gasteiger partial charge in [0.15, 0.2) is 5.82 Å². The lowest BCUT2D eigenvalue weighted by Crippen LogP contribution is -2.43. The molecule has 1 N–H and O–H groups in total. The van der Waals surface area contributed by atoms with Gasteiger partial charge in [-0.2, -0.15) is 4.98 Å². The van der Waals surface area contributed by atoms with Gasteiger partial charge < -0.3 is 14.1 Å². The molecule has 0 bridgehead atoms. The fourth-order valence-electron chi connectivity index (χ4n) is 3.93. The van der Waals surface area contributed by atoms with Gasteiger partial charge in [0.1, 0.15) is 11.3 Å². The Morgan fingerprint density at radius 3 is 2.70 bits per heavy atom. The first kappa shape index (κ1) is 27.4. The highest BCUT2D eigenvalue weighted by atomic mass is 35.5. The molecule has 3 aromatic rings. The van der Waals surface area contributed by atoms with Crippen molar-refractivity contribution in [1.82, 2.24) is 14.7 Å². The molecule has 4 heterocycles. The summed E-state index contributed by atoms with van der Waals surface area (Å²) in [4.78, 5) is 24.3. The van der Waals surface area contributed by atoms with Crippen LogP contribution < -0.4 is 14.4 Å². The molecule has 0 saturated carbocycles. The number of aryl methyl sites for hydroxylation is 1. The summed E-state index contributed by atoms with van der Waals surface area (Å²) in [6, 6.07) is 5.24. The van der Waals surface area contributed by atoms with Gasteiger partial charge in [-0.15, -0.1) is 11.3 Å². The third-order valence-corrected chi connectivity index (χ3v) is 8.48. The summed E-state index contributed by atoms with van der Waals surface area (Å²) in [6.07, 6.45) is 6.42. The fraction of sp³-hybridized carbons (Fsp3) is 0.375. The summed E-state index contributed by atoms with van der Waals surface area (Å²) in [7, 11) is -2.29. The van der Waals surface area contributed by atoms with Crippen molar-refractivity contribution in [3.63, 3.8) is 0 Å². The summed E-state index contributed by atoms with van der Waals surface area (Å²) in [5.41, 5.74) is 0.548. The van der Waals surface area contributed by atoms with Gasteiger partial charge in [-0.1, -0.05) is 36.2 Å². The van der Waals surface area contributed by atoms with Crippen LogP contribution in [0.3, 0.4) is 0 Å². The number of hydrogen-bond donors (Lipinski definition) is 1. The minimum atomic E-state index is -3.80. The van der Waals surface area contributed by atoms with Crippen molar-refractivity contribution < 1.29 is 22.4 Å². The number of carbonyl (C=O) groups is 1. The Morgan fingerprint density at radius 2 is 2.08 bits per heavy atom. The van der Waals surface area contributed by atoms with Gasteiger partial charge in [-0.3, -0.25) is 9.52 Å². The molecule has 1 aliphatic rings. The number of ether oxygens (including phenoxy) is 1. The number of oxazole rings is 1. The van der Waals surface area contributed by atoms with Gasteiger partial charge in [0.2, 0.25) is 27.7 Å². The van der Waals surface area contributed by atoms with Crippen molar-refractivity contribution in [3.05, 3.63) is 50.5 Å². The number of nitrogens with zero attached hydrogens (tertiary/aromatic N) is 3. The van der Waals surface area contributed by atoms with E-state index in [1.807, 2.05) is 11.8 Å². The molecule has 1 aliphatic heterocycles. The summed E-state index contributed by atoms with van der Waals surface area (Å²) in [5, 5.41) is 0.399. The van der Waals surface area contributed by atoms with Gasteiger partial charge in [-0.05, 0) is 37.1 Å². The van der Waals surface area contributed by atoms with Gasteiger partial charge in [-0.25, -0.2) is 13.4 Å². The van der Waals surface area contributed by atoms with E-state index in [9.17, 15) is 13.2 Å². The van der Waals surface area contributed by atoms with Crippen LogP contribution in [0.2, 0.25) is 9.36 Å². The first-order valence-electron chi connectivity index (χ1n) is 11.6. The minimum Gasteiger partial charge on any atom is -0.480 e. The van der Waals surface area contributed by atoms with E-state index in [-0.39, 0.29) is 5.75 Å². The summed E-state index contributed by atoms with van der Waals surface area (Å²) < 4.78 is 38.8. The topological polar surface area (TPSA) is 115 Å². The zero-order chi connectivity index (χ0) is 26.6. The number of nitrogens with one attached hydrogen (secondary N) is 1. The van der Waals surface area contributed by atoms with Crippen molar-refractivity contribution in [2.75, 3.05) is 30.9 Å². The number of amides is 1. The molecule has 0 atom stereocenters. The predicted octanol–water partition coefficient (Wildman–Crippen LogP) is 5.05. The van der Waals surface area contributed by atoms with Crippen molar-refractivity contribution in [2.45, 2.75) is 26.2 Å². The number of halogens is 2. The Kier molecular flexibility index (Phi) is 8.79. The smallest absolute Gasteiger partial charge is 0.238 e. The van der Waals surface area contributed by atoms with Gasteiger partial charge in [0, 0.05) is 30.3 Å². The monoisotopic (exact) mass is 584 g/mol. The van der Waals surface area contributed by atoms with E-state index in [1.54, 1.807) is 30.5 Å². The van der Waals surface area contributed by atoms with Crippen LogP contribution >= 0.6 is 34.5 Å². The van der Waals surface area contributed by atoms with E-state index in [0.717, 1.165) is 10.6 Å². The Morgan fingerprint density at radius 1 is 1.32 bits per heavy atom. The molecule has 4 rings (SSSR count). The lowest BCUT2D eigenvalue weighted by atomic mass is 9.96.